The Balaban J connectivity index is 0.00000576. The summed E-state index contributed by atoms with van der Waals surface area (Å²) in [5.74, 6) is -0.487. The fourth-order valence-electron chi connectivity index (χ4n) is 1.75. The van der Waals surface area contributed by atoms with E-state index in [2.05, 4.69) is 4.74 Å². The van der Waals surface area contributed by atoms with Crippen LogP contribution in [0.4, 0.5) is 0 Å². The number of halogens is 1. The van der Waals surface area contributed by atoms with Crippen LogP contribution in [0.15, 0.2) is 30.3 Å². The molecule has 1 aromatic rings. The van der Waals surface area contributed by atoms with Crippen LogP contribution in [0.5, 0.6) is 0 Å². The Labute approximate surface area is 155 Å². The average molecular weight is 378 g/mol. The molecule has 144 valence electrons. The summed E-state index contributed by atoms with van der Waals surface area (Å²) in [7, 11) is 1.29. The molecule has 2 N–H and O–H groups in total. The van der Waals surface area contributed by atoms with Crippen molar-refractivity contribution in [3.63, 3.8) is 0 Å². The number of nitrogens with two attached hydrogens (primary N) is 1. The number of methoxy groups -OCH3 is 1. The second-order valence-electron chi connectivity index (χ2n) is 4.97. The van der Waals surface area contributed by atoms with Gasteiger partial charge >= 0.3 is 5.97 Å². The van der Waals surface area contributed by atoms with E-state index in [9.17, 15) is 4.79 Å². The second-order valence-corrected chi connectivity index (χ2v) is 4.97. The van der Waals surface area contributed by atoms with Gasteiger partial charge < -0.3 is 29.4 Å². The molecule has 0 aliphatic heterocycles. The highest BCUT2D eigenvalue weighted by molar-refractivity contribution is 5.85. The molecule has 7 nitrogen and oxygen atoms in total. The van der Waals surface area contributed by atoms with E-state index in [1.807, 2.05) is 30.3 Å². The van der Waals surface area contributed by atoms with Gasteiger partial charge in [0.25, 0.3) is 0 Å². The Morgan fingerprint density at radius 1 is 0.920 bits per heavy atom. The molecule has 25 heavy (non-hydrogen) atoms. The molecule has 0 heterocycles. The van der Waals surface area contributed by atoms with Crippen LogP contribution < -0.4 is 5.73 Å². The third-order valence-electron chi connectivity index (χ3n) is 3.03. The molecule has 0 radical (unpaired) electrons. The number of hydrogen-bond donors (Lipinski definition) is 1. The Morgan fingerprint density at radius 2 is 1.44 bits per heavy atom. The maximum absolute atomic E-state index is 11.0. The predicted molar refractivity (Wildman–Crippen MR) is 95.8 cm³/mol. The van der Waals surface area contributed by atoms with E-state index in [0.29, 0.717) is 46.2 Å². The van der Waals surface area contributed by atoms with Crippen LogP contribution in [0.2, 0.25) is 0 Å². The number of ether oxygens (including phenoxy) is 5. The molecule has 0 aliphatic carbocycles. The quantitative estimate of drug-likeness (QED) is 0.384. The van der Waals surface area contributed by atoms with Crippen molar-refractivity contribution in [3.8, 4) is 0 Å². The third-order valence-corrected chi connectivity index (χ3v) is 3.03. The molecule has 0 amide bonds. The molecule has 0 bridgehead atoms. The highest BCUT2D eigenvalue weighted by atomic mass is 35.5. The molecule has 0 aromatic heterocycles. The smallest absolute Gasteiger partial charge is 0.325 e. The van der Waals surface area contributed by atoms with Gasteiger partial charge in [-0.3, -0.25) is 4.79 Å². The van der Waals surface area contributed by atoms with Crippen molar-refractivity contribution in [2.75, 3.05) is 53.4 Å². The fraction of sp³-hybridized carbons (Fsp3) is 0.588. The SMILES string of the molecule is COC(=O)[C@@H](N)COCCOCCOCCOCc1ccccc1.Cl. The minimum Gasteiger partial charge on any atom is -0.468 e. The molecule has 0 fully saturated rings. The Hall–Kier alpha value is -1.22. The van der Waals surface area contributed by atoms with Crippen molar-refractivity contribution in [2.24, 2.45) is 5.73 Å². The van der Waals surface area contributed by atoms with Crippen LogP contribution in [0, 0.1) is 0 Å². The Kier molecular flexibility index (Phi) is 15.5. The zero-order chi connectivity index (χ0) is 17.5. The van der Waals surface area contributed by atoms with Crippen LogP contribution in [0.1, 0.15) is 5.56 Å². The number of carbonyl (C=O) groups excluding carboxylic acids is 1. The Morgan fingerprint density at radius 3 is 2.00 bits per heavy atom. The minimum atomic E-state index is -0.755. The number of hydrogen-bond acceptors (Lipinski definition) is 7. The highest BCUT2D eigenvalue weighted by Crippen LogP contribution is 1.99. The van der Waals surface area contributed by atoms with E-state index in [1.165, 1.54) is 7.11 Å². The summed E-state index contributed by atoms with van der Waals surface area (Å²) < 4.78 is 25.9. The minimum absolute atomic E-state index is 0. The molecular formula is C17H28ClNO6. The van der Waals surface area contributed by atoms with E-state index in [0.717, 1.165) is 5.56 Å². The highest BCUT2D eigenvalue weighted by Gasteiger charge is 2.12. The lowest BCUT2D eigenvalue weighted by Gasteiger charge is -2.10. The Bertz CT molecular complexity index is 434. The second kappa shape index (κ2) is 16.3. The van der Waals surface area contributed by atoms with Crippen LogP contribution in [-0.4, -0.2) is 65.4 Å². The summed E-state index contributed by atoms with van der Waals surface area (Å²) in [4.78, 5) is 11.0. The standard InChI is InChI=1S/C17H27NO6.ClH/c1-20-17(19)16(18)14-24-12-10-22-8-7-21-9-11-23-13-15-5-3-2-4-6-15;/h2-6,16H,7-14,18H2,1H3;1H/t16-;/m0./s1. The molecule has 1 atom stereocenters. The monoisotopic (exact) mass is 377 g/mol. The largest absolute Gasteiger partial charge is 0.468 e. The van der Waals surface area contributed by atoms with Gasteiger partial charge in [-0.25, -0.2) is 0 Å². The molecule has 0 spiro atoms. The van der Waals surface area contributed by atoms with Crippen LogP contribution in [0.3, 0.4) is 0 Å². The molecule has 0 saturated heterocycles. The summed E-state index contributed by atoms with van der Waals surface area (Å²) in [5.41, 5.74) is 6.66. The predicted octanol–water partition coefficient (Wildman–Crippen LogP) is 1.18. The first-order valence-corrected chi connectivity index (χ1v) is 7.92. The van der Waals surface area contributed by atoms with E-state index >= 15 is 0 Å². The average Bonchev–Trinajstić information content (AvgIpc) is 2.62. The van der Waals surface area contributed by atoms with E-state index in [1.54, 1.807) is 0 Å². The molecular weight excluding hydrogens is 350 g/mol. The first kappa shape index (κ1) is 23.8. The number of benzene rings is 1. The molecule has 0 unspecified atom stereocenters. The van der Waals surface area contributed by atoms with Crippen molar-refractivity contribution in [2.45, 2.75) is 12.6 Å². The van der Waals surface area contributed by atoms with Crippen molar-refractivity contribution in [3.05, 3.63) is 35.9 Å². The molecule has 0 aliphatic rings. The van der Waals surface area contributed by atoms with Gasteiger partial charge in [0.2, 0.25) is 0 Å². The van der Waals surface area contributed by atoms with Gasteiger partial charge in [-0.1, -0.05) is 30.3 Å². The lowest BCUT2D eigenvalue weighted by molar-refractivity contribution is -0.143. The first-order valence-electron chi connectivity index (χ1n) is 7.92. The van der Waals surface area contributed by atoms with E-state index in [-0.39, 0.29) is 19.0 Å². The maximum Gasteiger partial charge on any atom is 0.325 e. The van der Waals surface area contributed by atoms with Crippen LogP contribution in [0.25, 0.3) is 0 Å². The van der Waals surface area contributed by atoms with Gasteiger partial charge in [-0.05, 0) is 5.56 Å². The summed E-state index contributed by atoms with van der Waals surface area (Å²) in [6.45, 7) is 3.54. The third kappa shape index (κ3) is 12.7. The maximum atomic E-state index is 11.0. The lowest BCUT2D eigenvalue weighted by atomic mass is 10.2. The van der Waals surface area contributed by atoms with Crippen LogP contribution in [-0.2, 0) is 35.1 Å². The van der Waals surface area contributed by atoms with Gasteiger partial charge in [-0.15, -0.1) is 12.4 Å². The lowest BCUT2D eigenvalue weighted by Crippen LogP contribution is -2.36. The van der Waals surface area contributed by atoms with E-state index < -0.39 is 12.0 Å². The van der Waals surface area contributed by atoms with Crippen molar-refractivity contribution in [1.82, 2.24) is 0 Å². The first-order chi connectivity index (χ1) is 11.7. The van der Waals surface area contributed by atoms with Crippen molar-refractivity contribution in [1.29, 1.82) is 0 Å². The zero-order valence-electron chi connectivity index (χ0n) is 14.6. The molecule has 0 saturated carbocycles. The summed E-state index contributed by atoms with van der Waals surface area (Å²) >= 11 is 0. The normalized spacial score (nSPS) is 11.6. The van der Waals surface area contributed by atoms with Gasteiger partial charge in [-0.2, -0.15) is 0 Å². The molecule has 8 heteroatoms. The fourth-order valence-corrected chi connectivity index (χ4v) is 1.75. The molecule has 1 rings (SSSR count). The van der Waals surface area contributed by atoms with Crippen molar-refractivity contribution < 1.29 is 28.5 Å². The van der Waals surface area contributed by atoms with Gasteiger partial charge in [0.15, 0.2) is 0 Å². The number of rotatable bonds is 14. The summed E-state index contributed by atoms with van der Waals surface area (Å²) in [6, 6.07) is 9.24. The van der Waals surface area contributed by atoms with Crippen molar-refractivity contribution >= 4 is 18.4 Å². The topological polar surface area (TPSA) is 89.2 Å². The number of esters is 1. The van der Waals surface area contributed by atoms with E-state index in [4.69, 9.17) is 24.7 Å². The van der Waals surface area contributed by atoms with Gasteiger partial charge in [0, 0.05) is 0 Å². The summed E-state index contributed by atoms with van der Waals surface area (Å²) in [6.07, 6.45) is 0. The number of carbonyl (C=O) groups is 1. The van der Waals surface area contributed by atoms with Crippen LogP contribution >= 0.6 is 12.4 Å². The zero-order valence-corrected chi connectivity index (χ0v) is 15.4. The van der Waals surface area contributed by atoms with Gasteiger partial charge in [0.1, 0.15) is 6.04 Å². The molecule has 1 aromatic carbocycles. The summed E-state index contributed by atoms with van der Waals surface area (Å²) in [5, 5.41) is 0. The van der Waals surface area contributed by atoms with Gasteiger partial charge in [0.05, 0.1) is 60.0 Å².